The van der Waals surface area contributed by atoms with E-state index in [1.54, 1.807) is 11.3 Å². The zero-order valence-corrected chi connectivity index (χ0v) is 10.9. The molecule has 4 heteroatoms. The first-order valence-corrected chi connectivity index (χ1v) is 6.40. The molecule has 0 aliphatic rings. The zero-order valence-electron chi connectivity index (χ0n) is 10.1. The number of nitrogens with two attached hydrogens (primary N) is 1. The van der Waals surface area contributed by atoms with Crippen molar-refractivity contribution in [2.75, 3.05) is 0 Å². The summed E-state index contributed by atoms with van der Waals surface area (Å²) < 4.78 is 5.74. The van der Waals surface area contributed by atoms with Crippen LogP contribution in [0.1, 0.15) is 21.8 Å². The maximum Gasteiger partial charge on any atom is 0.140 e. The smallest absolute Gasteiger partial charge is 0.140 e. The normalized spacial score (nSPS) is 10.5. The third kappa shape index (κ3) is 3.05. The summed E-state index contributed by atoms with van der Waals surface area (Å²) in [6.07, 6.45) is 0. The highest BCUT2D eigenvalue weighted by atomic mass is 32.1. The zero-order chi connectivity index (χ0) is 12.3. The van der Waals surface area contributed by atoms with Crippen LogP contribution in [0.15, 0.2) is 23.6 Å². The summed E-state index contributed by atoms with van der Waals surface area (Å²) in [5.74, 6) is 0.917. The Bertz CT molecular complexity index is 508. The van der Waals surface area contributed by atoms with Gasteiger partial charge in [0.15, 0.2) is 0 Å². The van der Waals surface area contributed by atoms with Crippen molar-refractivity contribution in [1.29, 1.82) is 0 Å². The minimum absolute atomic E-state index is 0.486. The second-order valence-corrected chi connectivity index (χ2v) is 4.94. The van der Waals surface area contributed by atoms with E-state index in [4.69, 9.17) is 10.5 Å². The van der Waals surface area contributed by atoms with E-state index < -0.39 is 0 Å². The van der Waals surface area contributed by atoms with Crippen LogP contribution in [0, 0.1) is 13.8 Å². The first-order valence-electron chi connectivity index (χ1n) is 5.52. The molecule has 3 nitrogen and oxygen atoms in total. The SMILES string of the molecule is Cc1ccc(OCc2nc(CN)cs2)c(C)c1. The Morgan fingerprint density at radius 2 is 2.18 bits per heavy atom. The van der Waals surface area contributed by atoms with E-state index in [0.29, 0.717) is 13.2 Å². The van der Waals surface area contributed by atoms with Gasteiger partial charge in [-0.05, 0) is 25.5 Å². The quantitative estimate of drug-likeness (QED) is 0.905. The van der Waals surface area contributed by atoms with Crippen LogP contribution >= 0.6 is 11.3 Å². The van der Waals surface area contributed by atoms with Crippen LogP contribution in [-0.4, -0.2) is 4.98 Å². The predicted molar refractivity (Wildman–Crippen MR) is 70.3 cm³/mol. The van der Waals surface area contributed by atoms with Gasteiger partial charge in [-0.2, -0.15) is 0 Å². The molecule has 0 spiro atoms. The van der Waals surface area contributed by atoms with E-state index in [0.717, 1.165) is 22.0 Å². The van der Waals surface area contributed by atoms with Crippen molar-refractivity contribution in [3.63, 3.8) is 0 Å². The first-order chi connectivity index (χ1) is 8.19. The molecule has 0 aliphatic heterocycles. The Kier molecular flexibility index (Phi) is 3.76. The number of rotatable bonds is 4. The number of thiazole rings is 1. The lowest BCUT2D eigenvalue weighted by Crippen LogP contribution is -1.99. The number of aryl methyl sites for hydroxylation is 2. The molecule has 0 radical (unpaired) electrons. The van der Waals surface area contributed by atoms with E-state index in [1.807, 2.05) is 11.4 Å². The van der Waals surface area contributed by atoms with Crippen molar-refractivity contribution in [3.05, 3.63) is 45.4 Å². The standard InChI is InChI=1S/C13H16N2OS/c1-9-3-4-12(10(2)5-9)16-7-13-15-11(6-14)8-17-13/h3-5,8H,6-7,14H2,1-2H3. The summed E-state index contributed by atoms with van der Waals surface area (Å²) in [5, 5.41) is 2.94. The van der Waals surface area contributed by atoms with Gasteiger partial charge in [-0.3, -0.25) is 0 Å². The van der Waals surface area contributed by atoms with E-state index in [1.165, 1.54) is 5.56 Å². The first kappa shape index (κ1) is 12.1. The number of hydrogen-bond acceptors (Lipinski definition) is 4. The van der Waals surface area contributed by atoms with E-state index in [2.05, 4.69) is 31.0 Å². The van der Waals surface area contributed by atoms with Crippen molar-refractivity contribution < 1.29 is 4.74 Å². The van der Waals surface area contributed by atoms with Crippen LogP contribution in [-0.2, 0) is 13.2 Å². The molecule has 0 saturated heterocycles. The molecular weight excluding hydrogens is 232 g/mol. The highest BCUT2D eigenvalue weighted by Crippen LogP contribution is 2.20. The van der Waals surface area contributed by atoms with Crippen LogP contribution in [0.5, 0.6) is 5.75 Å². The molecule has 0 saturated carbocycles. The molecule has 2 aromatic rings. The van der Waals surface area contributed by atoms with Crippen molar-refractivity contribution >= 4 is 11.3 Å². The van der Waals surface area contributed by atoms with Crippen LogP contribution in [0.2, 0.25) is 0 Å². The predicted octanol–water partition coefficient (Wildman–Crippen LogP) is 2.80. The molecule has 1 aromatic carbocycles. The van der Waals surface area contributed by atoms with Gasteiger partial charge >= 0.3 is 0 Å². The molecule has 2 N–H and O–H groups in total. The Labute approximate surface area is 105 Å². The lowest BCUT2D eigenvalue weighted by molar-refractivity contribution is 0.303. The third-order valence-electron chi connectivity index (χ3n) is 2.49. The summed E-state index contributed by atoms with van der Waals surface area (Å²) in [4.78, 5) is 4.36. The maximum atomic E-state index is 5.74. The van der Waals surface area contributed by atoms with Gasteiger partial charge in [0.1, 0.15) is 17.4 Å². The van der Waals surface area contributed by atoms with E-state index >= 15 is 0 Å². The molecule has 17 heavy (non-hydrogen) atoms. The summed E-state index contributed by atoms with van der Waals surface area (Å²) in [5.41, 5.74) is 8.84. The third-order valence-corrected chi connectivity index (χ3v) is 3.36. The van der Waals surface area contributed by atoms with Gasteiger partial charge < -0.3 is 10.5 Å². The Morgan fingerprint density at radius 1 is 1.35 bits per heavy atom. The monoisotopic (exact) mass is 248 g/mol. The van der Waals surface area contributed by atoms with Crippen LogP contribution in [0.25, 0.3) is 0 Å². The average molecular weight is 248 g/mol. The van der Waals surface area contributed by atoms with E-state index in [-0.39, 0.29) is 0 Å². The minimum atomic E-state index is 0.486. The summed E-state index contributed by atoms with van der Waals surface area (Å²) in [6, 6.07) is 6.17. The fraction of sp³-hybridized carbons (Fsp3) is 0.308. The second kappa shape index (κ2) is 5.29. The molecule has 2 rings (SSSR count). The minimum Gasteiger partial charge on any atom is -0.486 e. The molecule has 1 heterocycles. The largest absolute Gasteiger partial charge is 0.486 e. The second-order valence-electron chi connectivity index (χ2n) is 3.99. The summed E-state index contributed by atoms with van der Waals surface area (Å²) in [6.45, 7) is 5.12. The van der Waals surface area contributed by atoms with Gasteiger partial charge in [0.2, 0.25) is 0 Å². The molecule has 0 amide bonds. The van der Waals surface area contributed by atoms with Crippen molar-refractivity contribution in [3.8, 4) is 5.75 Å². The molecule has 0 fully saturated rings. The topological polar surface area (TPSA) is 48.1 Å². The highest BCUT2D eigenvalue weighted by Gasteiger charge is 2.03. The number of aromatic nitrogens is 1. The van der Waals surface area contributed by atoms with Gasteiger partial charge in [0.05, 0.1) is 5.69 Å². The Hall–Kier alpha value is -1.39. The average Bonchev–Trinajstić information content (AvgIpc) is 2.76. The van der Waals surface area contributed by atoms with Crippen molar-refractivity contribution in [1.82, 2.24) is 4.98 Å². The van der Waals surface area contributed by atoms with Crippen LogP contribution in [0.3, 0.4) is 0 Å². The highest BCUT2D eigenvalue weighted by molar-refractivity contribution is 7.09. The molecule has 0 aliphatic carbocycles. The van der Waals surface area contributed by atoms with Gasteiger partial charge in [-0.15, -0.1) is 11.3 Å². The lowest BCUT2D eigenvalue weighted by Gasteiger charge is -2.07. The van der Waals surface area contributed by atoms with Gasteiger partial charge in [0.25, 0.3) is 0 Å². The fourth-order valence-electron chi connectivity index (χ4n) is 1.61. The summed E-state index contributed by atoms with van der Waals surface area (Å²) >= 11 is 1.59. The number of nitrogens with zero attached hydrogens (tertiary/aromatic N) is 1. The van der Waals surface area contributed by atoms with Crippen LogP contribution in [0.4, 0.5) is 0 Å². The maximum absolute atomic E-state index is 5.74. The molecule has 1 aromatic heterocycles. The Morgan fingerprint density at radius 3 is 2.82 bits per heavy atom. The van der Waals surface area contributed by atoms with Crippen molar-refractivity contribution in [2.45, 2.75) is 27.0 Å². The summed E-state index contributed by atoms with van der Waals surface area (Å²) in [7, 11) is 0. The Balaban J connectivity index is 2.02. The number of benzene rings is 1. The number of hydrogen-bond donors (Lipinski definition) is 1. The van der Waals surface area contributed by atoms with Crippen LogP contribution < -0.4 is 10.5 Å². The molecule has 0 atom stereocenters. The van der Waals surface area contributed by atoms with Gasteiger partial charge in [-0.25, -0.2) is 4.98 Å². The van der Waals surface area contributed by atoms with Crippen molar-refractivity contribution in [2.24, 2.45) is 5.73 Å². The van der Waals surface area contributed by atoms with E-state index in [9.17, 15) is 0 Å². The van der Waals surface area contributed by atoms with Gasteiger partial charge in [-0.1, -0.05) is 17.7 Å². The molecule has 90 valence electrons. The van der Waals surface area contributed by atoms with Gasteiger partial charge in [0, 0.05) is 11.9 Å². The number of ether oxygens (including phenoxy) is 1. The molecule has 0 unspecified atom stereocenters. The lowest BCUT2D eigenvalue weighted by atomic mass is 10.1. The molecular formula is C13H16N2OS. The fourth-order valence-corrected chi connectivity index (χ4v) is 2.33. The molecule has 0 bridgehead atoms.